The molecule has 25 heavy (non-hydrogen) atoms. The van der Waals surface area contributed by atoms with Crippen LogP contribution in [-0.2, 0) is 19.4 Å². The van der Waals surface area contributed by atoms with Gasteiger partial charge in [-0.1, -0.05) is 18.2 Å². The lowest BCUT2D eigenvalue weighted by molar-refractivity contribution is -0.136. The number of hydrogen-bond acceptors (Lipinski definition) is 5. The molecule has 2 saturated heterocycles. The minimum Gasteiger partial charge on any atom is -0.368 e. The molecular formula is C17H23N3O4S. The Labute approximate surface area is 147 Å². The molecule has 2 aliphatic heterocycles. The monoisotopic (exact) mass is 365 g/mol. The maximum Gasteiger partial charge on any atom is 0.232 e. The fraction of sp³-hybridized carbons (Fsp3) is 0.529. The SMILES string of the molecule is O=C(CC(=O)N1CCN(c2ccccc2)CC1)NC1CCS(=O)(=O)C1. The number of carbonyl (C=O) groups excluding carboxylic acids is 2. The van der Waals surface area contributed by atoms with Gasteiger partial charge < -0.3 is 15.1 Å². The van der Waals surface area contributed by atoms with Crippen LogP contribution in [0.5, 0.6) is 0 Å². The van der Waals surface area contributed by atoms with Crippen LogP contribution in [0.1, 0.15) is 12.8 Å². The second kappa shape index (κ2) is 7.43. The molecule has 0 aliphatic carbocycles. The zero-order valence-electron chi connectivity index (χ0n) is 14.1. The fourth-order valence-electron chi connectivity index (χ4n) is 3.29. The van der Waals surface area contributed by atoms with Crippen molar-refractivity contribution in [3.8, 4) is 0 Å². The number of amides is 2. The van der Waals surface area contributed by atoms with Crippen LogP contribution in [0, 0.1) is 0 Å². The lowest BCUT2D eigenvalue weighted by Gasteiger charge is -2.36. The van der Waals surface area contributed by atoms with Crippen molar-refractivity contribution >= 4 is 27.3 Å². The van der Waals surface area contributed by atoms with Crippen molar-refractivity contribution in [3.05, 3.63) is 30.3 Å². The Hall–Kier alpha value is -2.09. The van der Waals surface area contributed by atoms with E-state index in [1.807, 2.05) is 30.3 Å². The van der Waals surface area contributed by atoms with Gasteiger partial charge in [0.05, 0.1) is 11.5 Å². The van der Waals surface area contributed by atoms with Gasteiger partial charge >= 0.3 is 0 Å². The molecule has 0 bridgehead atoms. The summed E-state index contributed by atoms with van der Waals surface area (Å²) in [4.78, 5) is 28.2. The van der Waals surface area contributed by atoms with Gasteiger partial charge in [-0.25, -0.2) is 8.42 Å². The van der Waals surface area contributed by atoms with Crippen molar-refractivity contribution in [2.45, 2.75) is 18.9 Å². The average Bonchev–Trinajstić information content (AvgIpc) is 2.94. The van der Waals surface area contributed by atoms with Crippen LogP contribution in [0.2, 0.25) is 0 Å². The van der Waals surface area contributed by atoms with Crippen LogP contribution in [0.3, 0.4) is 0 Å². The van der Waals surface area contributed by atoms with Crippen molar-refractivity contribution in [2.75, 3.05) is 42.6 Å². The first-order valence-corrected chi connectivity index (χ1v) is 10.3. The Kier molecular flexibility index (Phi) is 5.27. The van der Waals surface area contributed by atoms with Crippen LogP contribution >= 0.6 is 0 Å². The van der Waals surface area contributed by atoms with E-state index >= 15 is 0 Å². The largest absolute Gasteiger partial charge is 0.368 e. The second-order valence-corrected chi connectivity index (χ2v) is 8.78. The fourth-order valence-corrected chi connectivity index (χ4v) is 4.96. The molecule has 0 saturated carbocycles. The summed E-state index contributed by atoms with van der Waals surface area (Å²) in [5, 5.41) is 2.66. The van der Waals surface area contributed by atoms with E-state index in [2.05, 4.69) is 10.2 Å². The van der Waals surface area contributed by atoms with Crippen LogP contribution in [0.4, 0.5) is 5.69 Å². The molecule has 7 nitrogen and oxygen atoms in total. The van der Waals surface area contributed by atoms with E-state index in [1.165, 1.54) is 0 Å². The molecule has 1 atom stereocenters. The quantitative estimate of drug-likeness (QED) is 0.761. The normalized spacial score (nSPS) is 22.6. The van der Waals surface area contributed by atoms with Crippen LogP contribution in [0.15, 0.2) is 30.3 Å². The number of anilines is 1. The summed E-state index contributed by atoms with van der Waals surface area (Å²) in [7, 11) is -3.04. The highest BCUT2D eigenvalue weighted by Crippen LogP contribution is 2.16. The molecule has 2 aliphatic rings. The van der Waals surface area contributed by atoms with Crippen molar-refractivity contribution in [1.29, 1.82) is 0 Å². The molecule has 136 valence electrons. The number of hydrogen-bond donors (Lipinski definition) is 1. The smallest absolute Gasteiger partial charge is 0.232 e. The number of nitrogens with one attached hydrogen (secondary N) is 1. The zero-order valence-corrected chi connectivity index (χ0v) is 14.9. The molecule has 1 aromatic rings. The number of sulfone groups is 1. The molecule has 3 rings (SSSR count). The number of nitrogens with zero attached hydrogens (tertiary/aromatic N) is 2. The molecular weight excluding hydrogens is 342 g/mol. The summed E-state index contributed by atoms with van der Waals surface area (Å²) in [5.41, 5.74) is 1.13. The molecule has 8 heteroatoms. The van der Waals surface area contributed by atoms with Gasteiger partial charge in [0, 0.05) is 37.9 Å². The Morgan fingerprint density at radius 2 is 1.76 bits per heavy atom. The van der Waals surface area contributed by atoms with E-state index in [1.54, 1.807) is 4.90 Å². The third-order valence-electron chi connectivity index (χ3n) is 4.66. The third-order valence-corrected chi connectivity index (χ3v) is 6.43. The Balaban J connectivity index is 1.44. The summed E-state index contributed by atoms with van der Waals surface area (Å²) in [5.74, 6) is -0.514. The molecule has 0 radical (unpaired) electrons. The number of rotatable bonds is 4. The first kappa shape index (κ1) is 17.7. The van der Waals surface area contributed by atoms with Gasteiger partial charge in [0.25, 0.3) is 0 Å². The Morgan fingerprint density at radius 3 is 2.36 bits per heavy atom. The Morgan fingerprint density at radius 1 is 1.08 bits per heavy atom. The second-order valence-electron chi connectivity index (χ2n) is 6.55. The summed E-state index contributed by atoms with van der Waals surface area (Å²) in [6, 6.07) is 9.67. The van der Waals surface area contributed by atoms with E-state index in [0.29, 0.717) is 19.5 Å². The number of piperazine rings is 1. The standard InChI is InChI=1S/C17H23N3O4S/c21-16(18-14-6-11-25(23,24)13-14)12-17(22)20-9-7-19(8-10-20)15-4-2-1-3-5-15/h1-5,14H,6-13H2,(H,18,21). The molecule has 0 spiro atoms. The van der Waals surface area contributed by atoms with Gasteiger partial charge in [-0.3, -0.25) is 9.59 Å². The first-order valence-electron chi connectivity index (χ1n) is 8.50. The van der Waals surface area contributed by atoms with E-state index < -0.39 is 15.7 Å². The molecule has 2 fully saturated rings. The highest BCUT2D eigenvalue weighted by Gasteiger charge is 2.30. The molecule has 1 N–H and O–H groups in total. The highest BCUT2D eigenvalue weighted by atomic mass is 32.2. The minimum atomic E-state index is -3.04. The summed E-state index contributed by atoms with van der Waals surface area (Å²) in [6.45, 7) is 2.63. The van der Waals surface area contributed by atoms with E-state index in [0.717, 1.165) is 18.8 Å². The lowest BCUT2D eigenvalue weighted by atomic mass is 10.2. The number of benzene rings is 1. The van der Waals surface area contributed by atoms with Gasteiger partial charge in [0.15, 0.2) is 9.84 Å². The maximum atomic E-state index is 12.3. The van der Waals surface area contributed by atoms with Crippen molar-refractivity contribution in [1.82, 2.24) is 10.2 Å². The van der Waals surface area contributed by atoms with Crippen LogP contribution in [-0.4, -0.2) is 68.9 Å². The summed E-state index contributed by atoms with van der Waals surface area (Å²) < 4.78 is 22.8. The van der Waals surface area contributed by atoms with Gasteiger partial charge in [-0.15, -0.1) is 0 Å². The van der Waals surface area contributed by atoms with Gasteiger partial charge in [-0.05, 0) is 18.6 Å². The predicted octanol–water partition coefficient (Wildman–Crippen LogP) is 0.0286. The van der Waals surface area contributed by atoms with Gasteiger partial charge in [0.2, 0.25) is 11.8 Å². The van der Waals surface area contributed by atoms with E-state index in [9.17, 15) is 18.0 Å². The molecule has 1 unspecified atom stereocenters. The lowest BCUT2D eigenvalue weighted by Crippen LogP contribution is -2.50. The van der Waals surface area contributed by atoms with Crippen molar-refractivity contribution in [2.24, 2.45) is 0 Å². The van der Waals surface area contributed by atoms with E-state index in [4.69, 9.17) is 0 Å². The van der Waals surface area contributed by atoms with Crippen LogP contribution in [0.25, 0.3) is 0 Å². The van der Waals surface area contributed by atoms with Crippen LogP contribution < -0.4 is 10.2 Å². The first-order chi connectivity index (χ1) is 11.9. The molecule has 2 amide bonds. The molecule has 1 aromatic carbocycles. The van der Waals surface area contributed by atoms with Gasteiger partial charge in [-0.2, -0.15) is 0 Å². The number of para-hydroxylation sites is 1. The zero-order chi connectivity index (χ0) is 17.9. The highest BCUT2D eigenvalue weighted by molar-refractivity contribution is 7.91. The Bertz CT molecular complexity index is 728. The minimum absolute atomic E-state index is 0.0251. The molecule has 0 aromatic heterocycles. The average molecular weight is 365 g/mol. The maximum absolute atomic E-state index is 12.3. The van der Waals surface area contributed by atoms with Gasteiger partial charge in [0.1, 0.15) is 6.42 Å². The number of carbonyl (C=O) groups is 2. The summed E-state index contributed by atoms with van der Waals surface area (Å²) >= 11 is 0. The topological polar surface area (TPSA) is 86.8 Å². The predicted molar refractivity (Wildman–Crippen MR) is 95.1 cm³/mol. The van der Waals surface area contributed by atoms with E-state index in [-0.39, 0.29) is 29.9 Å². The third kappa shape index (κ3) is 4.72. The molecule has 2 heterocycles. The summed E-state index contributed by atoms with van der Waals surface area (Å²) in [6.07, 6.45) is 0.208. The van der Waals surface area contributed by atoms with Crippen molar-refractivity contribution in [3.63, 3.8) is 0 Å². The van der Waals surface area contributed by atoms with Crippen molar-refractivity contribution < 1.29 is 18.0 Å².